The van der Waals surface area contributed by atoms with E-state index in [-0.39, 0.29) is 29.7 Å². The molecule has 0 aliphatic carbocycles. The van der Waals surface area contributed by atoms with Crippen LogP contribution >= 0.6 is 0 Å². The first kappa shape index (κ1) is 23.5. The lowest BCUT2D eigenvalue weighted by atomic mass is 9.99. The van der Waals surface area contributed by atoms with Gasteiger partial charge in [-0.05, 0) is 46.5 Å². The molecular weight excluding hydrogens is 613 g/mol. The minimum Gasteiger partial charge on any atom is -0.455 e. The van der Waals surface area contributed by atoms with Crippen molar-refractivity contribution in [2.24, 2.45) is 0 Å². The molecule has 0 N–H and O–H groups in total. The summed E-state index contributed by atoms with van der Waals surface area (Å²) in [6, 6.07) is 43.7. The van der Waals surface area contributed by atoms with E-state index in [0.717, 1.165) is 43.9 Å². The maximum Gasteiger partial charge on any atom is 0.238 e. The van der Waals surface area contributed by atoms with E-state index in [1.165, 1.54) is 0 Å². The Morgan fingerprint density at radius 2 is 1.08 bits per heavy atom. The summed E-state index contributed by atoms with van der Waals surface area (Å²) in [6.07, 6.45) is 0. The molecule has 7 aromatic carbocycles. The SMILES string of the molecule is [2H]c1c([2H])c([2H])c(-c2cccc3c2c2ccccc2n3-c2nc(-c3ccccc3)nc(-c3cccc4c3oc3cccc(-c5ccccc5)c34)n2)c([2H])c1[2H]. The van der Waals surface area contributed by atoms with E-state index in [2.05, 4.69) is 24.3 Å². The minimum atomic E-state index is -0.435. The van der Waals surface area contributed by atoms with Gasteiger partial charge in [-0.15, -0.1) is 0 Å². The molecule has 0 unspecified atom stereocenters. The summed E-state index contributed by atoms with van der Waals surface area (Å²) >= 11 is 0. The molecule has 0 atom stereocenters. The number of rotatable bonds is 5. The van der Waals surface area contributed by atoms with E-state index in [1.807, 2.05) is 114 Å². The third kappa shape index (κ3) is 4.45. The minimum absolute atomic E-state index is 0.132. The van der Waals surface area contributed by atoms with Crippen LogP contribution in [0.3, 0.4) is 0 Å². The van der Waals surface area contributed by atoms with Crippen molar-refractivity contribution in [2.75, 3.05) is 0 Å². The molecule has 3 aromatic heterocycles. The number of para-hydroxylation sites is 2. The van der Waals surface area contributed by atoms with Crippen molar-refractivity contribution in [2.45, 2.75) is 0 Å². The molecule has 0 radical (unpaired) electrons. The number of furan rings is 1. The van der Waals surface area contributed by atoms with Gasteiger partial charge in [-0.3, -0.25) is 4.57 Å². The molecule has 50 heavy (non-hydrogen) atoms. The predicted octanol–water partition coefficient (Wildman–Crippen LogP) is 11.5. The van der Waals surface area contributed by atoms with Crippen molar-refractivity contribution in [1.29, 1.82) is 0 Å². The first-order chi connectivity index (χ1) is 26.9. The largest absolute Gasteiger partial charge is 0.455 e. The summed E-state index contributed by atoms with van der Waals surface area (Å²) in [5.74, 6) is 1.24. The molecule has 0 aliphatic rings. The molecule has 0 saturated carbocycles. The fourth-order valence-electron chi connectivity index (χ4n) is 7.01. The Labute approximate surface area is 294 Å². The average molecular weight is 646 g/mol. The Hall–Kier alpha value is -6.85. The quantitative estimate of drug-likeness (QED) is 0.187. The third-order valence-corrected chi connectivity index (χ3v) is 9.17. The lowest BCUT2D eigenvalue weighted by molar-refractivity contribution is 0.669. The lowest BCUT2D eigenvalue weighted by Crippen LogP contribution is -2.06. The summed E-state index contributed by atoms with van der Waals surface area (Å²) in [5.41, 5.74) is 7.20. The summed E-state index contributed by atoms with van der Waals surface area (Å²) < 4.78 is 51.2. The van der Waals surface area contributed by atoms with E-state index in [9.17, 15) is 0 Å². The van der Waals surface area contributed by atoms with Crippen molar-refractivity contribution < 1.29 is 11.3 Å². The van der Waals surface area contributed by atoms with E-state index in [1.54, 1.807) is 6.07 Å². The van der Waals surface area contributed by atoms with Crippen molar-refractivity contribution >= 4 is 43.7 Å². The van der Waals surface area contributed by atoms with Crippen molar-refractivity contribution in [3.05, 3.63) is 170 Å². The molecule has 0 aliphatic heterocycles. The van der Waals surface area contributed by atoms with Crippen LogP contribution in [0.5, 0.6) is 0 Å². The highest BCUT2D eigenvalue weighted by Gasteiger charge is 2.22. The van der Waals surface area contributed by atoms with Crippen LogP contribution in [0, 0.1) is 0 Å². The van der Waals surface area contributed by atoms with Crippen LogP contribution < -0.4 is 0 Å². The molecular formula is C45H28N4O. The maximum atomic E-state index is 8.82. The Morgan fingerprint density at radius 3 is 1.90 bits per heavy atom. The van der Waals surface area contributed by atoms with Crippen molar-refractivity contribution in [1.82, 2.24) is 19.5 Å². The van der Waals surface area contributed by atoms with Crippen LogP contribution in [-0.4, -0.2) is 19.5 Å². The molecule has 0 spiro atoms. The fourth-order valence-corrected chi connectivity index (χ4v) is 7.01. The number of fused-ring (bicyclic) bond motifs is 6. The number of hydrogen-bond acceptors (Lipinski definition) is 4. The number of hydrogen-bond donors (Lipinski definition) is 0. The summed E-state index contributed by atoms with van der Waals surface area (Å²) in [4.78, 5) is 15.3. The summed E-state index contributed by atoms with van der Waals surface area (Å²) in [6.45, 7) is 0. The van der Waals surface area contributed by atoms with Crippen LogP contribution in [0.25, 0.3) is 94.7 Å². The Morgan fingerprint density at radius 1 is 0.460 bits per heavy atom. The highest BCUT2D eigenvalue weighted by molar-refractivity contribution is 6.16. The zero-order valence-electron chi connectivity index (χ0n) is 31.5. The van der Waals surface area contributed by atoms with Gasteiger partial charge in [0.2, 0.25) is 5.95 Å². The van der Waals surface area contributed by atoms with E-state index in [0.29, 0.717) is 45.2 Å². The van der Waals surface area contributed by atoms with Gasteiger partial charge < -0.3 is 4.42 Å². The van der Waals surface area contributed by atoms with E-state index >= 15 is 0 Å². The monoisotopic (exact) mass is 645 g/mol. The van der Waals surface area contributed by atoms with Gasteiger partial charge in [-0.1, -0.05) is 145 Å². The fraction of sp³-hybridized carbons (Fsp3) is 0. The Balaban J connectivity index is 1.27. The van der Waals surface area contributed by atoms with E-state index in [4.69, 9.17) is 26.2 Å². The number of nitrogens with zero attached hydrogens (tertiary/aromatic N) is 4. The van der Waals surface area contributed by atoms with Crippen LogP contribution in [0.2, 0.25) is 0 Å². The van der Waals surface area contributed by atoms with Crippen LogP contribution in [-0.2, 0) is 0 Å². The standard InChI is InChI=1S/C45H28N4O/c1-4-15-29(16-5-1)32-22-13-27-38-40(32)34-21-10-11-26-37(34)49(38)45-47-43(31-19-8-3-9-20-31)46-44(48-45)36-25-12-24-35-41-33(30-17-6-2-7-18-30)23-14-28-39(41)50-42(35)36/h1-28H/i1D,4D,5D,15D,16D. The Kier molecular flexibility index (Phi) is 5.35. The zero-order chi connectivity index (χ0) is 37.4. The first-order valence-electron chi connectivity index (χ1n) is 18.8. The maximum absolute atomic E-state index is 8.82. The highest BCUT2D eigenvalue weighted by Crippen LogP contribution is 2.41. The van der Waals surface area contributed by atoms with Crippen LogP contribution in [0.1, 0.15) is 6.85 Å². The van der Waals surface area contributed by atoms with Gasteiger partial charge in [-0.25, -0.2) is 4.98 Å². The van der Waals surface area contributed by atoms with Crippen LogP contribution in [0.4, 0.5) is 0 Å². The van der Waals surface area contributed by atoms with Gasteiger partial charge in [0.1, 0.15) is 11.2 Å². The molecule has 10 aromatic rings. The third-order valence-electron chi connectivity index (χ3n) is 9.17. The van der Waals surface area contributed by atoms with Gasteiger partial charge in [0, 0.05) is 27.1 Å². The smallest absolute Gasteiger partial charge is 0.238 e. The zero-order valence-corrected chi connectivity index (χ0v) is 26.5. The summed E-state index contributed by atoms with van der Waals surface area (Å²) in [7, 11) is 0. The Bertz CT molecular complexity index is 3130. The lowest BCUT2D eigenvalue weighted by Gasteiger charge is -2.11. The normalized spacial score (nSPS) is 13.0. The second-order valence-electron chi connectivity index (χ2n) is 12.0. The van der Waals surface area contributed by atoms with Gasteiger partial charge in [0.15, 0.2) is 11.6 Å². The molecule has 5 heteroatoms. The molecule has 3 heterocycles. The van der Waals surface area contributed by atoms with Gasteiger partial charge in [-0.2, -0.15) is 9.97 Å². The second kappa shape index (κ2) is 11.4. The molecule has 0 saturated heterocycles. The topological polar surface area (TPSA) is 56.7 Å². The van der Waals surface area contributed by atoms with Crippen LogP contribution in [0.15, 0.2) is 174 Å². The summed E-state index contributed by atoms with van der Waals surface area (Å²) in [5, 5.41) is 3.48. The highest BCUT2D eigenvalue weighted by atomic mass is 16.3. The molecule has 10 rings (SSSR count). The van der Waals surface area contributed by atoms with Crippen molar-refractivity contribution in [3.8, 4) is 51.0 Å². The molecule has 0 amide bonds. The first-order valence-corrected chi connectivity index (χ1v) is 16.3. The molecule has 5 nitrogen and oxygen atoms in total. The number of benzene rings is 7. The van der Waals surface area contributed by atoms with Gasteiger partial charge in [0.05, 0.1) is 23.5 Å². The molecule has 234 valence electrons. The number of aromatic nitrogens is 4. The predicted molar refractivity (Wildman–Crippen MR) is 203 cm³/mol. The average Bonchev–Trinajstić information content (AvgIpc) is 3.79. The second-order valence-corrected chi connectivity index (χ2v) is 12.0. The van der Waals surface area contributed by atoms with E-state index < -0.39 is 6.04 Å². The molecule has 0 bridgehead atoms. The molecule has 0 fully saturated rings. The van der Waals surface area contributed by atoms with Crippen molar-refractivity contribution in [3.63, 3.8) is 0 Å². The van der Waals surface area contributed by atoms with Gasteiger partial charge >= 0.3 is 0 Å². The van der Waals surface area contributed by atoms with Gasteiger partial charge in [0.25, 0.3) is 0 Å².